The Hall–Kier alpha value is 0.480. The van der Waals surface area contributed by atoms with Gasteiger partial charge < -0.3 is 24.1 Å². The van der Waals surface area contributed by atoms with Gasteiger partial charge in [0.2, 0.25) is 7.60 Å². The summed E-state index contributed by atoms with van der Waals surface area (Å²) in [5.74, 6) is 0.384. The zero-order valence-corrected chi connectivity index (χ0v) is 14.6. The molecule has 0 aliphatic heterocycles. The molecule has 0 saturated heterocycles. The van der Waals surface area contributed by atoms with Gasteiger partial charge >= 0.3 is 59.1 Å². The Morgan fingerprint density at radius 3 is 1.94 bits per heavy atom. The van der Waals surface area contributed by atoms with Crippen LogP contribution in [0.5, 0.6) is 11.5 Å². The van der Waals surface area contributed by atoms with Gasteiger partial charge in [-0.2, -0.15) is 0 Å². The van der Waals surface area contributed by atoms with Crippen molar-refractivity contribution in [2.75, 3.05) is 7.11 Å². The maximum Gasteiger partial charge on any atom is 1.00 e. The topological polar surface area (TPSA) is 98.7 Å². The molecule has 0 spiro atoms. The first kappa shape index (κ1) is 19.8. The summed E-state index contributed by atoms with van der Waals surface area (Å²) >= 11 is 0. The fourth-order valence-electron chi connectivity index (χ4n) is 0.813. The number of ether oxygens (including phenoxy) is 1. The summed E-state index contributed by atoms with van der Waals surface area (Å²) < 4.78 is 19.8. The van der Waals surface area contributed by atoms with Crippen molar-refractivity contribution in [3.05, 3.63) is 24.3 Å². The van der Waals surface area contributed by atoms with Crippen LogP contribution in [-0.4, -0.2) is 12.8 Å². The van der Waals surface area contributed by atoms with Crippen LogP contribution in [0.25, 0.3) is 0 Å². The van der Waals surface area contributed by atoms with Crippen molar-refractivity contribution in [3.63, 3.8) is 0 Å². The van der Waals surface area contributed by atoms with E-state index in [9.17, 15) is 19.4 Å². The largest absolute Gasteiger partial charge is 1.00 e. The van der Waals surface area contributed by atoms with E-state index in [-0.39, 0.29) is 64.9 Å². The van der Waals surface area contributed by atoms with Gasteiger partial charge in [0.25, 0.3) is 0 Å². The van der Waals surface area contributed by atoms with E-state index in [1.54, 1.807) is 0 Å². The molecule has 1 aromatic carbocycles. The zero-order chi connectivity index (χ0) is 11.5. The number of hydrogen-bond donors (Lipinski definition) is 0. The minimum atomic E-state index is -5.00. The monoisotopic (exact) mass is 276 g/mol. The second kappa shape index (κ2) is 8.56. The smallest absolute Gasteiger partial charge is 0.765 e. The number of carboxylic acid groups (broad SMARTS) is 1. The van der Waals surface area contributed by atoms with Crippen LogP contribution in [-0.2, 0) is 4.57 Å². The third-order valence-electron chi connectivity index (χ3n) is 1.51. The Morgan fingerprint density at radius 2 is 1.59 bits per heavy atom. The molecule has 0 amide bonds. The van der Waals surface area contributed by atoms with E-state index in [1.165, 1.54) is 31.4 Å². The molecule has 0 radical (unpaired) electrons. The Kier molecular flexibility index (Phi) is 9.97. The van der Waals surface area contributed by atoms with Gasteiger partial charge in [-0.25, -0.2) is 0 Å². The molecule has 0 aliphatic rings. The van der Waals surface area contributed by atoms with Crippen LogP contribution in [0.1, 0.15) is 0 Å². The van der Waals surface area contributed by atoms with Crippen molar-refractivity contribution in [2.45, 2.75) is 0 Å². The van der Waals surface area contributed by atoms with Gasteiger partial charge in [0, 0.05) is 0 Å². The van der Waals surface area contributed by atoms with Gasteiger partial charge in [0.15, 0.2) is 0 Å². The van der Waals surface area contributed by atoms with Crippen molar-refractivity contribution >= 4 is 13.3 Å². The Labute approximate surface area is 142 Å². The standard InChI is InChI=1S/C8H9O6P.2Na/c1-13-6-2-4-7(5-3-6)14-15(11,12)8(9)10;;/h2-5H,1H3,(H,9,10)(H,11,12);;/q;2*+1/p-2. The first-order valence-electron chi connectivity index (χ1n) is 3.82. The Morgan fingerprint density at radius 1 is 1.18 bits per heavy atom. The number of carbonyl (C=O) groups is 1. The van der Waals surface area contributed by atoms with Crippen LogP contribution in [0.2, 0.25) is 0 Å². The van der Waals surface area contributed by atoms with E-state index >= 15 is 0 Å². The maximum atomic E-state index is 10.8. The summed E-state index contributed by atoms with van der Waals surface area (Å²) in [5, 5.41) is 10.1. The van der Waals surface area contributed by atoms with E-state index in [4.69, 9.17) is 4.74 Å². The summed E-state index contributed by atoms with van der Waals surface area (Å²) in [4.78, 5) is 20.9. The van der Waals surface area contributed by atoms with Gasteiger partial charge in [-0.15, -0.1) is 0 Å². The van der Waals surface area contributed by atoms with E-state index in [0.29, 0.717) is 5.75 Å². The minimum absolute atomic E-state index is 0. The van der Waals surface area contributed by atoms with Gasteiger partial charge in [-0.3, -0.25) is 4.57 Å². The van der Waals surface area contributed by atoms with Gasteiger partial charge in [-0.1, -0.05) is 0 Å². The van der Waals surface area contributed by atoms with Crippen molar-refractivity contribution in [1.82, 2.24) is 0 Å². The number of rotatable bonds is 4. The van der Waals surface area contributed by atoms with Crippen molar-refractivity contribution in [1.29, 1.82) is 0 Å². The molecule has 0 aromatic heterocycles. The number of carbonyl (C=O) groups excluding carboxylic acids is 1. The quantitative estimate of drug-likeness (QED) is 0.401. The molecule has 1 rings (SSSR count). The molecular weight excluding hydrogens is 269 g/mol. The molecular formula is C8H7Na2O6P. The molecule has 1 atom stereocenters. The molecule has 0 fully saturated rings. The predicted molar refractivity (Wildman–Crippen MR) is 46.6 cm³/mol. The minimum Gasteiger partial charge on any atom is -0.765 e. The second-order valence-electron chi connectivity index (χ2n) is 2.53. The van der Waals surface area contributed by atoms with Crippen LogP contribution >= 0.6 is 7.60 Å². The number of benzene rings is 1. The molecule has 0 aliphatic carbocycles. The Balaban J connectivity index is 0. The van der Waals surface area contributed by atoms with Crippen LogP contribution < -0.4 is 78.4 Å². The number of hydrogen-bond acceptors (Lipinski definition) is 6. The second-order valence-corrected chi connectivity index (χ2v) is 4.07. The molecule has 1 unspecified atom stereocenters. The SMILES string of the molecule is COc1ccc(OP(=O)([O-])C(=O)[O-])cc1.[Na+].[Na+]. The van der Waals surface area contributed by atoms with Crippen LogP contribution in [0.15, 0.2) is 24.3 Å². The van der Waals surface area contributed by atoms with Crippen LogP contribution in [0.4, 0.5) is 4.79 Å². The van der Waals surface area contributed by atoms with E-state index in [2.05, 4.69) is 4.52 Å². The molecule has 1 aromatic rings. The van der Waals surface area contributed by atoms with Crippen LogP contribution in [0.3, 0.4) is 0 Å². The molecule has 0 N–H and O–H groups in total. The molecule has 0 bridgehead atoms. The fourth-order valence-corrected chi connectivity index (χ4v) is 1.29. The molecule has 9 heteroatoms. The zero-order valence-electron chi connectivity index (χ0n) is 9.71. The van der Waals surface area contributed by atoms with Crippen molar-refractivity contribution in [3.8, 4) is 11.5 Å². The molecule has 17 heavy (non-hydrogen) atoms. The number of methoxy groups -OCH3 is 1. The average Bonchev–Trinajstić information content (AvgIpc) is 2.18. The van der Waals surface area contributed by atoms with E-state index in [1.807, 2.05) is 0 Å². The summed E-state index contributed by atoms with van der Waals surface area (Å²) in [5.41, 5.74) is -2.25. The fraction of sp³-hybridized carbons (Fsp3) is 0.125. The first-order valence-corrected chi connectivity index (χ1v) is 5.36. The molecule has 0 heterocycles. The van der Waals surface area contributed by atoms with E-state index in [0.717, 1.165) is 0 Å². The summed E-state index contributed by atoms with van der Waals surface area (Å²) in [7, 11) is -3.56. The normalized spacial score (nSPS) is 12.4. The molecule has 0 saturated carbocycles. The molecule has 6 nitrogen and oxygen atoms in total. The Bertz CT molecular complexity index is 407. The third kappa shape index (κ3) is 6.27. The van der Waals surface area contributed by atoms with Gasteiger partial charge in [0.1, 0.15) is 17.2 Å². The van der Waals surface area contributed by atoms with Gasteiger partial charge in [-0.05, 0) is 24.3 Å². The van der Waals surface area contributed by atoms with Crippen molar-refractivity contribution in [2.24, 2.45) is 0 Å². The summed E-state index contributed by atoms with van der Waals surface area (Å²) in [6.45, 7) is 0. The van der Waals surface area contributed by atoms with Crippen molar-refractivity contribution < 1.29 is 87.7 Å². The summed E-state index contributed by atoms with van der Waals surface area (Å²) in [6, 6.07) is 5.41. The molecule has 82 valence electrons. The first-order chi connectivity index (χ1) is 6.95. The maximum absolute atomic E-state index is 10.8. The average molecular weight is 276 g/mol. The van der Waals surface area contributed by atoms with E-state index < -0.39 is 13.3 Å². The summed E-state index contributed by atoms with van der Waals surface area (Å²) in [6.07, 6.45) is 0. The third-order valence-corrected chi connectivity index (χ3v) is 2.41. The van der Waals surface area contributed by atoms with Crippen LogP contribution in [0, 0.1) is 0 Å². The van der Waals surface area contributed by atoms with Gasteiger partial charge in [0.05, 0.1) is 7.11 Å². The predicted octanol–water partition coefficient (Wildman–Crippen LogP) is -6.02.